The molecule has 1 fully saturated rings. The van der Waals surface area contributed by atoms with Crippen LogP contribution in [0.4, 0.5) is 8.78 Å². The molecule has 0 radical (unpaired) electrons. The van der Waals surface area contributed by atoms with Crippen LogP contribution in [0, 0.1) is 11.6 Å². The van der Waals surface area contributed by atoms with Crippen LogP contribution in [-0.2, 0) is 4.74 Å². The van der Waals surface area contributed by atoms with Gasteiger partial charge in [-0.3, -0.25) is 4.79 Å². The molecule has 0 spiro atoms. The summed E-state index contributed by atoms with van der Waals surface area (Å²) >= 11 is 0. The molecule has 1 unspecified atom stereocenters. The monoisotopic (exact) mass is 303 g/mol. The van der Waals surface area contributed by atoms with Crippen molar-refractivity contribution in [3.8, 4) is 0 Å². The second-order valence-corrected chi connectivity index (χ2v) is 5.14. The molecular formula is C17H15F2NO2. The van der Waals surface area contributed by atoms with Gasteiger partial charge in [-0.05, 0) is 29.8 Å². The van der Waals surface area contributed by atoms with Gasteiger partial charge in [0.15, 0.2) is 0 Å². The third-order valence-corrected chi connectivity index (χ3v) is 3.70. The lowest BCUT2D eigenvalue weighted by atomic mass is 10.1. The molecule has 0 bridgehead atoms. The molecule has 1 heterocycles. The summed E-state index contributed by atoms with van der Waals surface area (Å²) in [5, 5.41) is 0. The van der Waals surface area contributed by atoms with Crippen LogP contribution in [0.2, 0.25) is 0 Å². The number of ether oxygens (including phenoxy) is 1. The summed E-state index contributed by atoms with van der Waals surface area (Å²) in [5.41, 5.74) is 0.856. The summed E-state index contributed by atoms with van der Waals surface area (Å²) in [6.07, 6.45) is -0.329. The number of carbonyl (C=O) groups excluding carboxylic acids is 1. The fourth-order valence-corrected chi connectivity index (χ4v) is 2.52. The highest BCUT2D eigenvalue weighted by molar-refractivity contribution is 5.94. The topological polar surface area (TPSA) is 29.5 Å². The van der Waals surface area contributed by atoms with Gasteiger partial charge in [0.2, 0.25) is 0 Å². The molecule has 0 saturated carbocycles. The van der Waals surface area contributed by atoms with E-state index in [1.54, 1.807) is 29.2 Å². The van der Waals surface area contributed by atoms with Crippen LogP contribution >= 0.6 is 0 Å². The van der Waals surface area contributed by atoms with Gasteiger partial charge in [-0.2, -0.15) is 0 Å². The van der Waals surface area contributed by atoms with Gasteiger partial charge in [0.05, 0.1) is 18.7 Å². The number of hydrogen-bond donors (Lipinski definition) is 0. The predicted molar refractivity (Wildman–Crippen MR) is 77.4 cm³/mol. The van der Waals surface area contributed by atoms with E-state index in [2.05, 4.69) is 0 Å². The Labute approximate surface area is 127 Å². The van der Waals surface area contributed by atoms with Crippen LogP contribution < -0.4 is 0 Å². The van der Waals surface area contributed by atoms with Crippen molar-refractivity contribution in [2.24, 2.45) is 0 Å². The quantitative estimate of drug-likeness (QED) is 0.853. The number of rotatable bonds is 2. The lowest BCUT2D eigenvalue weighted by Crippen LogP contribution is -2.42. The van der Waals surface area contributed by atoms with Crippen molar-refractivity contribution in [3.63, 3.8) is 0 Å². The van der Waals surface area contributed by atoms with E-state index < -0.39 is 5.82 Å². The number of carbonyl (C=O) groups is 1. The highest BCUT2D eigenvalue weighted by Gasteiger charge is 2.27. The summed E-state index contributed by atoms with van der Waals surface area (Å²) in [6, 6.07) is 11.9. The molecule has 0 N–H and O–H groups in total. The van der Waals surface area contributed by atoms with Gasteiger partial charge in [0.25, 0.3) is 5.91 Å². The lowest BCUT2D eigenvalue weighted by molar-refractivity contribution is -0.0229. The largest absolute Gasteiger partial charge is 0.370 e. The normalized spacial score (nSPS) is 18.3. The summed E-state index contributed by atoms with van der Waals surface area (Å²) < 4.78 is 32.4. The Morgan fingerprint density at radius 1 is 1.09 bits per heavy atom. The van der Waals surface area contributed by atoms with Crippen molar-refractivity contribution in [1.29, 1.82) is 0 Å². The minimum atomic E-state index is -0.530. The Balaban J connectivity index is 1.77. The summed E-state index contributed by atoms with van der Waals surface area (Å²) in [7, 11) is 0. The highest BCUT2D eigenvalue weighted by atomic mass is 19.1. The molecule has 1 atom stereocenters. The van der Waals surface area contributed by atoms with Crippen molar-refractivity contribution in [2.45, 2.75) is 6.10 Å². The standard InChI is InChI=1S/C17H15F2NO2/c18-13-7-5-12(6-8-13)16-11-20(9-10-22-16)17(21)14-3-1-2-4-15(14)19/h1-8,16H,9-11H2. The second kappa shape index (κ2) is 6.23. The number of benzene rings is 2. The van der Waals surface area contributed by atoms with Gasteiger partial charge in [0.1, 0.15) is 17.7 Å². The van der Waals surface area contributed by atoms with Gasteiger partial charge in [-0.25, -0.2) is 8.78 Å². The fraction of sp³-hybridized carbons (Fsp3) is 0.235. The Hall–Kier alpha value is -2.27. The molecule has 5 heteroatoms. The van der Waals surface area contributed by atoms with Gasteiger partial charge in [0, 0.05) is 6.54 Å². The van der Waals surface area contributed by atoms with Crippen molar-refractivity contribution in [3.05, 3.63) is 71.3 Å². The maximum Gasteiger partial charge on any atom is 0.257 e. The van der Waals surface area contributed by atoms with E-state index in [4.69, 9.17) is 4.74 Å². The van der Waals surface area contributed by atoms with Gasteiger partial charge < -0.3 is 9.64 Å². The molecule has 3 nitrogen and oxygen atoms in total. The van der Waals surface area contributed by atoms with Gasteiger partial charge >= 0.3 is 0 Å². The zero-order valence-corrected chi connectivity index (χ0v) is 11.8. The minimum Gasteiger partial charge on any atom is -0.370 e. The van der Waals surface area contributed by atoms with E-state index in [0.29, 0.717) is 19.7 Å². The van der Waals surface area contributed by atoms with Crippen molar-refractivity contribution in [1.82, 2.24) is 4.90 Å². The van der Waals surface area contributed by atoms with Crippen molar-refractivity contribution in [2.75, 3.05) is 19.7 Å². The zero-order valence-electron chi connectivity index (χ0n) is 11.8. The maximum absolute atomic E-state index is 13.7. The Kier molecular flexibility index (Phi) is 4.15. The first-order valence-electron chi connectivity index (χ1n) is 7.06. The first-order valence-corrected chi connectivity index (χ1v) is 7.06. The van der Waals surface area contributed by atoms with Crippen LogP contribution in [-0.4, -0.2) is 30.5 Å². The maximum atomic E-state index is 13.7. The Morgan fingerprint density at radius 2 is 1.82 bits per heavy atom. The lowest BCUT2D eigenvalue weighted by Gasteiger charge is -2.33. The SMILES string of the molecule is O=C(c1ccccc1F)N1CCOC(c2ccc(F)cc2)C1. The molecular weight excluding hydrogens is 288 g/mol. The minimum absolute atomic E-state index is 0.0576. The number of morpholine rings is 1. The van der Waals surface area contributed by atoms with E-state index in [9.17, 15) is 13.6 Å². The molecule has 1 saturated heterocycles. The molecule has 1 aliphatic heterocycles. The molecule has 3 rings (SSSR count). The van der Waals surface area contributed by atoms with E-state index in [1.165, 1.54) is 24.3 Å². The second-order valence-electron chi connectivity index (χ2n) is 5.14. The number of halogens is 2. The molecule has 114 valence electrons. The van der Waals surface area contributed by atoms with E-state index >= 15 is 0 Å². The first kappa shape index (κ1) is 14.7. The van der Waals surface area contributed by atoms with Crippen LogP contribution in [0.5, 0.6) is 0 Å². The van der Waals surface area contributed by atoms with Gasteiger partial charge in [-0.1, -0.05) is 24.3 Å². The molecule has 22 heavy (non-hydrogen) atoms. The summed E-state index contributed by atoms with van der Waals surface area (Å²) in [6.45, 7) is 1.09. The predicted octanol–water partition coefficient (Wildman–Crippen LogP) is 3.18. The number of amides is 1. The average molecular weight is 303 g/mol. The summed E-state index contributed by atoms with van der Waals surface area (Å²) in [4.78, 5) is 14.0. The van der Waals surface area contributed by atoms with E-state index in [1.807, 2.05) is 0 Å². The molecule has 1 amide bonds. The summed E-state index contributed by atoms with van der Waals surface area (Å²) in [5.74, 6) is -1.20. The fourth-order valence-electron chi connectivity index (χ4n) is 2.52. The number of hydrogen-bond acceptors (Lipinski definition) is 2. The molecule has 2 aromatic carbocycles. The van der Waals surface area contributed by atoms with Crippen LogP contribution in [0.1, 0.15) is 22.0 Å². The van der Waals surface area contributed by atoms with Crippen LogP contribution in [0.25, 0.3) is 0 Å². The number of nitrogens with zero attached hydrogens (tertiary/aromatic N) is 1. The van der Waals surface area contributed by atoms with Crippen LogP contribution in [0.3, 0.4) is 0 Å². The zero-order chi connectivity index (χ0) is 15.5. The van der Waals surface area contributed by atoms with E-state index in [0.717, 1.165) is 5.56 Å². The molecule has 0 aliphatic carbocycles. The average Bonchev–Trinajstić information content (AvgIpc) is 2.55. The molecule has 0 aromatic heterocycles. The first-order chi connectivity index (χ1) is 10.6. The van der Waals surface area contributed by atoms with E-state index in [-0.39, 0.29) is 23.4 Å². The smallest absolute Gasteiger partial charge is 0.257 e. The Bertz CT molecular complexity index is 673. The van der Waals surface area contributed by atoms with Gasteiger partial charge in [-0.15, -0.1) is 0 Å². The molecule has 1 aliphatic rings. The highest BCUT2D eigenvalue weighted by Crippen LogP contribution is 2.24. The third kappa shape index (κ3) is 2.99. The van der Waals surface area contributed by atoms with Crippen molar-refractivity contribution < 1.29 is 18.3 Å². The third-order valence-electron chi connectivity index (χ3n) is 3.70. The van der Waals surface area contributed by atoms with Crippen LogP contribution in [0.15, 0.2) is 48.5 Å². The van der Waals surface area contributed by atoms with Crippen molar-refractivity contribution >= 4 is 5.91 Å². The Morgan fingerprint density at radius 3 is 2.55 bits per heavy atom. The molecule has 2 aromatic rings.